The monoisotopic (exact) mass is 310 g/mol. The molecule has 106 valence electrons. The molecule has 0 aliphatic rings. The number of nitrogens with two attached hydrogens (primary N) is 1. The van der Waals surface area contributed by atoms with E-state index in [4.69, 9.17) is 5.14 Å². The van der Waals surface area contributed by atoms with Gasteiger partial charge in [0.15, 0.2) is 0 Å². The number of carbonyl (C=O) groups excluding carboxylic acids is 1. The SMILES string of the molecule is Cc1cc(C(=O)Nc2ccsc2)cc(S(N)(=O)=O)c1C. The Hall–Kier alpha value is -1.70. The summed E-state index contributed by atoms with van der Waals surface area (Å²) in [5.74, 6) is -0.364. The van der Waals surface area contributed by atoms with Gasteiger partial charge in [-0.3, -0.25) is 4.79 Å². The molecule has 0 fully saturated rings. The van der Waals surface area contributed by atoms with Gasteiger partial charge in [-0.25, -0.2) is 13.6 Å². The topological polar surface area (TPSA) is 89.3 Å². The lowest BCUT2D eigenvalue weighted by Gasteiger charge is -2.10. The van der Waals surface area contributed by atoms with E-state index in [-0.39, 0.29) is 16.4 Å². The fraction of sp³-hybridized carbons (Fsp3) is 0.154. The van der Waals surface area contributed by atoms with Gasteiger partial charge in [-0.05, 0) is 48.6 Å². The van der Waals surface area contributed by atoms with Crippen LogP contribution in [0.1, 0.15) is 21.5 Å². The summed E-state index contributed by atoms with van der Waals surface area (Å²) in [6.07, 6.45) is 0. The molecule has 0 radical (unpaired) electrons. The Morgan fingerprint density at radius 1 is 1.30 bits per heavy atom. The second-order valence-corrected chi connectivity index (χ2v) is 6.74. The van der Waals surface area contributed by atoms with Gasteiger partial charge in [0.25, 0.3) is 5.91 Å². The highest BCUT2D eigenvalue weighted by Crippen LogP contribution is 2.21. The average molecular weight is 310 g/mol. The molecule has 2 rings (SSSR count). The summed E-state index contributed by atoms with van der Waals surface area (Å²) in [6.45, 7) is 3.40. The third kappa shape index (κ3) is 3.06. The van der Waals surface area contributed by atoms with Gasteiger partial charge >= 0.3 is 0 Å². The number of sulfonamides is 1. The molecule has 0 unspecified atom stereocenters. The molecule has 7 heteroatoms. The van der Waals surface area contributed by atoms with Gasteiger partial charge in [0.05, 0.1) is 10.6 Å². The average Bonchev–Trinajstić information content (AvgIpc) is 2.83. The maximum Gasteiger partial charge on any atom is 0.255 e. The van der Waals surface area contributed by atoms with Crippen LogP contribution in [0.15, 0.2) is 33.9 Å². The lowest BCUT2D eigenvalue weighted by atomic mass is 10.1. The predicted octanol–water partition coefficient (Wildman–Crippen LogP) is 2.26. The maximum absolute atomic E-state index is 12.1. The van der Waals surface area contributed by atoms with Crippen molar-refractivity contribution < 1.29 is 13.2 Å². The zero-order valence-corrected chi connectivity index (χ0v) is 12.6. The second-order valence-electron chi connectivity index (χ2n) is 4.43. The molecule has 2 aromatic rings. The first-order chi connectivity index (χ1) is 9.29. The number of aryl methyl sites for hydroxylation is 1. The Labute approximate surface area is 121 Å². The molecule has 1 heterocycles. The van der Waals surface area contributed by atoms with Crippen LogP contribution < -0.4 is 10.5 Å². The van der Waals surface area contributed by atoms with Crippen molar-refractivity contribution in [1.29, 1.82) is 0 Å². The first-order valence-electron chi connectivity index (χ1n) is 5.76. The molecule has 3 N–H and O–H groups in total. The van der Waals surface area contributed by atoms with Gasteiger partial charge < -0.3 is 5.32 Å². The molecule has 0 bridgehead atoms. The highest BCUT2D eigenvalue weighted by molar-refractivity contribution is 7.89. The minimum absolute atomic E-state index is 0.0204. The van der Waals surface area contributed by atoms with E-state index in [1.54, 1.807) is 31.4 Å². The zero-order chi connectivity index (χ0) is 14.9. The van der Waals surface area contributed by atoms with Gasteiger partial charge in [-0.2, -0.15) is 11.3 Å². The van der Waals surface area contributed by atoms with Crippen molar-refractivity contribution in [2.45, 2.75) is 18.7 Å². The highest BCUT2D eigenvalue weighted by atomic mass is 32.2. The molecular weight excluding hydrogens is 296 g/mol. The van der Waals surface area contributed by atoms with Crippen LogP contribution in [-0.4, -0.2) is 14.3 Å². The number of benzene rings is 1. The van der Waals surface area contributed by atoms with Gasteiger partial charge in [0.1, 0.15) is 0 Å². The second kappa shape index (κ2) is 5.35. The van der Waals surface area contributed by atoms with Crippen molar-refractivity contribution in [3.05, 3.63) is 45.6 Å². The molecule has 0 aliphatic carbocycles. The molecule has 0 saturated carbocycles. The Kier molecular flexibility index (Phi) is 3.94. The molecule has 20 heavy (non-hydrogen) atoms. The summed E-state index contributed by atoms with van der Waals surface area (Å²) in [4.78, 5) is 12.1. The van der Waals surface area contributed by atoms with Crippen LogP contribution in [0, 0.1) is 13.8 Å². The molecule has 5 nitrogen and oxygen atoms in total. The Morgan fingerprint density at radius 2 is 2.00 bits per heavy atom. The lowest BCUT2D eigenvalue weighted by molar-refractivity contribution is 0.102. The number of anilines is 1. The number of primary sulfonamides is 1. The highest BCUT2D eigenvalue weighted by Gasteiger charge is 2.17. The van der Waals surface area contributed by atoms with Crippen LogP contribution in [0.3, 0.4) is 0 Å². The minimum Gasteiger partial charge on any atom is -0.321 e. The molecule has 0 atom stereocenters. The summed E-state index contributed by atoms with van der Waals surface area (Å²) >= 11 is 1.46. The first-order valence-corrected chi connectivity index (χ1v) is 8.25. The zero-order valence-electron chi connectivity index (χ0n) is 11.0. The first kappa shape index (κ1) is 14.7. The Balaban J connectivity index is 2.43. The molecule has 1 amide bonds. The van der Waals surface area contributed by atoms with Gasteiger partial charge in [0.2, 0.25) is 10.0 Å². The van der Waals surface area contributed by atoms with Crippen molar-refractivity contribution in [2.75, 3.05) is 5.32 Å². The van der Waals surface area contributed by atoms with Gasteiger partial charge in [-0.15, -0.1) is 0 Å². The van der Waals surface area contributed by atoms with E-state index in [0.29, 0.717) is 16.8 Å². The van der Waals surface area contributed by atoms with Crippen LogP contribution in [-0.2, 0) is 10.0 Å². The molecule has 0 saturated heterocycles. The summed E-state index contributed by atoms with van der Waals surface area (Å²) in [5, 5.41) is 11.5. The van der Waals surface area contributed by atoms with Crippen LogP contribution in [0.4, 0.5) is 5.69 Å². The molecule has 0 spiro atoms. The normalized spacial score (nSPS) is 11.3. The summed E-state index contributed by atoms with van der Waals surface area (Å²) in [6, 6.07) is 4.72. The van der Waals surface area contributed by atoms with E-state index in [0.717, 1.165) is 0 Å². The fourth-order valence-electron chi connectivity index (χ4n) is 1.79. The van der Waals surface area contributed by atoms with Crippen LogP contribution in [0.25, 0.3) is 0 Å². The van der Waals surface area contributed by atoms with Crippen LogP contribution >= 0.6 is 11.3 Å². The van der Waals surface area contributed by atoms with E-state index in [9.17, 15) is 13.2 Å². The van der Waals surface area contributed by atoms with Crippen molar-refractivity contribution in [1.82, 2.24) is 0 Å². The minimum atomic E-state index is -3.85. The van der Waals surface area contributed by atoms with Crippen molar-refractivity contribution in [3.63, 3.8) is 0 Å². The smallest absolute Gasteiger partial charge is 0.255 e. The number of rotatable bonds is 3. The van der Waals surface area contributed by atoms with Crippen LogP contribution in [0.2, 0.25) is 0 Å². The summed E-state index contributed by atoms with van der Waals surface area (Å²) in [5.41, 5.74) is 2.20. The van der Waals surface area contributed by atoms with Gasteiger partial charge in [-0.1, -0.05) is 0 Å². The molecule has 0 aliphatic heterocycles. The van der Waals surface area contributed by atoms with Crippen LogP contribution in [0.5, 0.6) is 0 Å². The third-order valence-corrected chi connectivity index (χ3v) is 4.69. The molecule has 1 aromatic carbocycles. The van der Waals surface area contributed by atoms with Crippen molar-refractivity contribution in [3.8, 4) is 0 Å². The summed E-state index contributed by atoms with van der Waals surface area (Å²) in [7, 11) is -3.85. The number of carbonyl (C=O) groups is 1. The lowest BCUT2D eigenvalue weighted by Crippen LogP contribution is -2.17. The largest absolute Gasteiger partial charge is 0.321 e. The van der Waals surface area contributed by atoms with E-state index in [1.165, 1.54) is 17.4 Å². The third-order valence-electron chi connectivity index (χ3n) is 2.97. The van der Waals surface area contributed by atoms with Gasteiger partial charge in [0, 0.05) is 10.9 Å². The number of nitrogens with one attached hydrogen (secondary N) is 1. The Bertz CT molecular complexity index is 750. The summed E-state index contributed by atoms with van der Waals surface area (Å²) < 4.78 is 23.1. The quantitative estimate of drug-likeness (QED) is 0.911. The van der Waals surface area contributed by atoms with E-state index in [1.807, 2.05) is 5.38 Å². The predicted molar refractivity (Wildman–Crippen MR) is 79.6 cm³/mol. The van der Waals surface area contributed by atoms with Crippen molar-refractivity contribution in [2.24, 2.45) is 5.14 Å². The number of hydrogen-bond donors (Lipinski definition) is 2. The standard InChI is InChI=1S/C13H14N2O3S2/c1-8-5-10(6-12(9(8)2)20(14,17)18)13(16)15-11-3-4-19-7-11/h3-7H,1-2H3,(H,15,16)(H2,14,17,18). The van der Waals surface area contributed by atoms with Crippen molar-refractivity contribution >= 4 is 33.0 Å². The van der Waals surface area contributed by atoms with E-state index >= 15 is 0 Å². The maximum atomic E-state index is 12.1. The fourth-order valence-corrected chi connectivity index (χ4v) is 3.26. The molecule has 1 aromatic heterocycles. The number of hydrogen-bond acceptors (Lipinski definition) is 4. The van der Waals surface area contributed by atoms with E-state index in [2.05, 4.69) is 5.32 Å². The molecular formula is C13H14N2O3S2. The number of thiophene rings is 1. The Morgan fingerprint density at radius 3 is 2.55 bits per heavy atom. The number of amides is 1. The van der Waals surface area contributed by atoms with E-state index < -0.39 is 10.0 Å².